The number of hydrogen-bond donors (Lipinski definition) is 3. The Morgan fingerprint density at radius 1 is 1.14 bits per heavy atom. The molecule has 8 atom stereocenters. The summed E-state index contributed by atoms with van der Waals surface area (Å²) in [6, 6.07) is 9.67. The van der Waals surface area contributed by atoms with Crippen molar-refractivity contribution in [1.29, 1.82) is 0 Å². The molecule has 204 valence electrons. The highest BCUT2D eigenvalue weighted by Gasteiger charge is 2.65. The maximum absolute atomic E-state index is 14.0. The van der Waals surface area contributed by atoms with Crippen LogP contribution in [0.5, 0.6) is 0 Å². The topological polar surface area (TPSA) is 113 Å². The van der Waals surface area contributed by atoms with E-state index in [-0.39, 0.29) is 32.0 Å². The number of carbonyl (C=O) groups excluding carboxylic acids is 2. The van der Waals surface area contributed by atoms with Gasteiger partial charge in [-0.2, -0.15) is 0 Å². The highest BCUT2D eigenvalue weighted by molar-refractivity contribution is 5.93. The number of aryl methyl sites for hydroxylation is 1. The second-order valence-electron chi connectivity index (χ2n) is 12.2. The molecule has 4 unspecified atom stereocenters. The van der Waals surface area contributed by atoms with E-state index in [1.807, 2.05) is 58.0 Å². The fourth-order valence-corrected chi connectivity index (χ4v) is 7.23. The van der Waals surface area contributed by atoms with E-state index >= 15 is 0 Å². The molecule has 1 aromatic carbocycles. The lowest BCUT2D eigenvalue weighted by Crippen LogP contribution is -2.66. The Kier molecular flexibility index (Phi) is 7.49. The zero-order valence-electron chi connectivity index (χ0n) is 22.9. The summed E-state index contributed by atoms with van der Waals surface area (Å²) < 4.78 is 11.9. The number of benzene rings is 1. The molecule has 0 spiro atoms. The second-order valence-corrected chi connectivity index (χ2v) is 12.2. The van der Waals surface area contributed by atoms with Gasteiger partial charge in [0.15, 0.2) is 5.78 Å². The van der Waals surface area contributed by atoms with Crippen molar-refractivity contribution in [3.05, 3.63) is 47.0 Å². The Bertz CT molecular complexity index is 1060. The minimum atomic E-state index is -1.55. The monoisotopic (exact) mass is 514 g/mol. The Labute approximate surface area is 219 Å². The molecule has 0 aromatic heterocycles. The van der Waals surface area contributed by atoms with Gasteiger partial charge in [0.25, 0.3) is 0 Å². The highest BCUT2D eigenvalue weighted by atomic mass is 16.5. The van der Waals surface area contributed by atoms with Crippen molar-refractivity contribution >= 4 is 11.8 Å². The first-order valence-electron chi connectivity index (χ1n) is 13.4. The molecule has 37 heavy (non-hydrogen) atoms. The van der Waals surface area contributed by atoms with Gasteiger partial charge in [0, 0.05) is 30.6 Å². The first-order valence-corrected chi connectivity index (χ1v) is 13.4. The van der Waals surface area contributed by atoms with Crippen LogP contribution in [0.4, 0.5) is 0 Å². The van der Waals surface area contributed by atoms with Crippen LogP contribution in [0.1, 0.15) is 66.4 Å². The molecule has 7 heteroatoms. The molecule has 1 saturated heterocycles. The maximum Gasteiger partial charge on any atom is 0.306 e. The van der Waals surface area contributed by atoms with E-state index in [0.717, 1.165) is 5.56 Å². The predicted octanol–water partition coefficient (Wildman–Crippen LogP) is 3.38. The van der Waals surface area contributed by atoms with Crippen molar-refractivity contribution in [2.24, 2.45) is 22.7 Å². The average molecular weight is 515 g/mol. The van der Waals surface area contributed by atoms with Crippen molar-refractivity contribution in [3.8, 4) is 0 Å². The quantitative estimate of drug-likeness (QED) is 0.417. The van der Waals surface area contributed by atoms with E-state index in [1.54, 1.807) is 13.8 Å². The third-order valence-corrected chi connectivity index (χ3v) is 9.88. The van der Waals surface area contributed by atoms with Gasteiger partial charge in [-0.3, -0.25) is 9.59 Å². The van der Waals surface area contributed by atoms with E-state index in [2.05, 4.69) is 0 Å². The molecule has 1 aliphatic heterocycles. The molecule has 3 N–H and O–H groups in total. The number of aliphatic hydroxyl groups excluding tert-OH is 2. The van der Waals surface area contributed by atoms with Gasteiger partial charge >= 0.3 is 5.97 Å². The first kappa shape index (κ1) is 28.0. The molecule has 3 aliphatic rings. The minimum absolute atomic E-state index is 0.132. The van der Waals surface area contributed by atoms with Gasteiger partial charge in [-0.1, -0.05) is 51.1 Å². The van der Waals surface area contributed by atoms with E-state index in [1.165, 1.54) is 0 Å². The van der Waals surface area contributed by atoms with Gasteiger partial charge in [0.1, 0.15) is 12.2 Å². The number of fused-ring (bicyclic) bond motifs is 3. The molecular weight excluding hydrogens is 472 g/mol. The van der Waals surface area contributed by atoms with E-state index in [0.29, 0.717) is 17.6 Å². The van der Waals surface area contributed by atoms with Gasteiger partial charge in [-0.05, 0) is 49.8 Å². The molecule has 1 heterocycles. The number of ether oxygens (including phenoxy) is 2. The predicted molar refractivity (Wildman–Crippen MR) is 139 cm³/mol. The van der Waals surface area contributed by atoms with Crippen LogP contribution in [-0.2, 0) is 25.5 Å². The van der Waals surface area contributed by atoms with Crippen LogP contribution in [0.25, 0.3) is 0 Å². The minimum Gasteiger partial charge on any atom is -0.458 e. The summed E-state index contributed by atoms with van der Waals surface area (Å²) in [7, 11) is 0. The Morgan fingerprint density at radius 3 is 2.43 bits per heavy atom. The number of ketones is 1. The first-order chi connectivity index (χ1) is 17.2. The van der Waals surface area contributed by atoms with E-state index in [4.69, 9.17) is 9.47 Å². The van der Waals surface area contributed by atoms with Gasteiger partial charge in [0.2, 0.25) is 0 Å². The lowest BCUT2D eigenvalue weighted by Gasteiger charge is -2.59. The van der Waals surface area contributed by atoms with Crippen LogP contribution in [0.3, 0.4) is 0 Å². The summed E-state index contributed by atoms with van der Waals surface area (Å²) >= 11 is 0. The molecule has 2 fully saturated rings. The molecule has 2 aliphatic carbocycles. The number of carbonyl (C=O) groups is 2. The van der Waals surface area contributed by atoms with Gasteiger partial charge in [-0.25, -0.2) is 0 Å². The Hall–Kier alpha value is -2.06. The fourth-order valence-electron chi connectivity index (χ4n) is 7.23. The normalized spacial score (nSPS) is 39.8. The average Bonchev–Trinajstić information content (AvgIpc) is 2.96. The molecule has 4 rings (SSSR count). The SMILES string of the molecule is CC1=C2[C@@H](O)C(=O)C3(C)C(COC(C)C[C@@H]3O)C(C)[C@](O)(C[C@@H]1OC(=O)CCc1ccccc1)C2(C)C. The molecule has 1 saturated carbocycles. The molecule has 2 bridgehead atoms. The number of rotatable bonds is 4. The summed E-state index contributed by atoms with van der Waals surface area (Å²) in [5, 5.41) is 35.2. The Morgan fingerprint density at radius 2 is 1.78 bits per heavy atom. The van der Waals surface area contributed by atoms with Crippen molar-refractivity contribution in [2.75, 3.05) is 6.61 Å². The van der Waals surface area contributed by atoms with Crippen molar-refractivity contribution < 1.29 is 34.4 Å². The smallest absolute Gasteiger partial charge is 0.306 e. The van der Waals surface area contributed by atoms with Crippen molar-refractivity contribution in [3.63, 3.8) is 0 Å². The second kappa shape index (κ2) is 9.92. The molecule has 0 amide bonds. The summed E-state index contributed by atoms with van der Waals surface area (Å²) in [4.78, 5) is 26.9. The standard InChI is InChI=1S/C30H42O7/c1-17-14-23(31)29(6)21(16-36-17)19(3)30(35)15-22(18(2)25(28(30,4)5)26(33)27(29)34)37-24(32)13-12-20-10-8-7-9-11-20/h7-11,17,19,21-23,26,31,33,35H,12-16H2,1-6H3/t17?,19?,21?,22-,23-,26+,29?,30+/m0/s1. The van der Waals surface area contributed by atoms with Gasteiger partial charge in [-0.15, -0.1) is 0 Å². The Balaban J connectivity index is 1.73. The van der Waals surface area contributed by atoms with Gasteiger partial charge < -0.3 is 24.8 Å². The zero-order chi connectivity index (χ0) is 27.3. The summed E-state index contributed by atoms with van der Waals surface area (Å²) in [6.45, 7) is 11.0. The lowest BCUT2D eigenvalue weighted by molar-refractivity contribution is -0.193. The van der Waals surface area contributed by atoms with Crippen LogP contribution >= 0.6 is 0 Å². The van der Waals surface area contributed by atoms with Crippen LogP contribution in [0.2, 0.25) is 0 Å². The lowest BCUT2D eigenvalue weighted by atomic mass is 9.48. The largest absolute Gasteiger partial charge is 0.458 e. The third-order valence-electron chi connectivity index (χ3n) is 9.88. The molecular formula is C30H42O7. The number of aliphatic hydroxyl groups is 3. The van der Waals surface area contributed by atoms with Crippen LogP contribution < -0.4 is 0 Å². The number of hydrogen-bond acceptors (Lipinski definition) is 7. The molecule has 0 radical (unpaired) electrons. The molecule has 1 aromatic rings. The van der Waals surface area contributed by atoms with Crippen molar-refractivity contribution in [1.82, 2.24) is 0 Å². The van der Waals surface area contributed by atoms with E-state index in [9.17, 15) is 24.9 Å². The van der Waals surface area contributed by atoms with E-state index < -0.39 is 58.3 Å². The summed E-state index contributed by atoms with van der Waals surface area (Å²) in [5.41, 5.74) is -1.73. The maximum atomic E-state index is 14.0. The van der Waals surface area contributed by atoms with Crippen LogP contribution in [-0.4, -0.2) is 63.7 Å². The van der Waals surface area contributed by atoms with Crippen LogP contribution in [0.15, 0.2) is 41.5 Å². The summed E-state index contributed by atoms with van der Waals surface area (Å²) in [5.74, 6) is -1.92. The van der Waals surface area contributed by atoms with Crippen molar-refractivity contribution in [2.45, 2.75) is 97.2 Å². The van der Waals surface area contributed by atoms with Gasteiger partial charge in [0.05, 0.1) is 29.8 Å². The summed E-state index contributed by atoms with van der Waals surface area (Å²) in [6.07, 6.45) is -2.51. The highest BCUT2D eigenvalue weighted by Crippen LogP contribution is 2.59. The van der Waals surface area contributed by atoms with Crippen LogP contribution in [0, 0.1) is 22.7 Å². The fraction of sp³-hybridized carbons (Fsp3) is 0.667. The number of esters is 1. The number of Topliss-reactive ketones (excluding diaryl/α,β-unsaturated/α-hetero) is 1. The zero-order valence-corrected chi connectivity index (χ0v) is 22.9. The molecule has 7 nitrogen and oxygen atoms in total. The third kappa shape index (κ3) is 4.48.